The van der Waals surface area contributed by atoms with Crippen LogP contribution in [0.2, 0.25) is 10.0 Å². The minimum Gasteiger partial charge on any atom is -0.506 e. The molecule has 0 bridgehead atoms. The van der Waals surface area contributed by atoms with Crippen LogP contribution in [0, 0.1) is 0 Å². The standard InChI is InChI=1S/C6H5Cl2NO/c7-3-1-4(9)6(8)5(10)2-3/h1-2,10H,9H2. The van der Waals surface area contributed by atoms with Gasteiger partial charge in [-0.05, 0) is 6.07 Å². The van der Waals surface area contributed by atoms with Crippen LogP contribution in [0.15, 0.2) is 12.1 Å². The molecule has 1 aromatic rings. The minimum absolute atomic E-state index is 0.0910. The SMILES string of the molecule is Nc1cc(Cl)cc(O)c1Cl. The lowest BCUT2D eigenvalue weighted by Crippen LogP contribution is -1.85. The van der Waals surface area contributed by atoms with Crippen LogP contribution in [0.25, 0.3) is 0 Å². The van der Waals surface area contributed by atoms with Gasteiger partial charge < -0.3 is 10.8 Å². The predicted octanol–water partition coefficient (Wildman–Crippen LogP) is 2.28. The number of nitrogens with two attached hydrogens (primary N) is 1. The highest BCUT2D eigenvalue weighted by molar-refractivity contribution is 6.36. The lowest BCUT2D eigenvalue weighted by atomic mass is 10.3. The second-order valence-electron chi connectivity index (χ2n) is 1.83. The van der Waals surface area contributed by atoms with Crippen LogP contribution in [0.5, 0.6) is 5.75 Å². The van der Waals surface area contributed by atoms with Crippen molar-refractivity contribution >= 4 is 28.9 Å². The van der Waals surface area contributed by atoms with Crippen molar-refractivity contribution in [1.29, 1.82) is 0 Å². The quantitative estimate of drug-likeness (QED) is 0.598. The Morgan fingerprint density at radius 2 is 1.90 bits per heavy atom. The average Bonchev–Trinajstić information content (AvgIpc) is 1.82. The normalized spacial score (nSPS) is 9.80. The fourth-order valence-corrected chi connectivity index (χ4v) is 0.925. The van der Waals surface area contributed by atoms with Crippen LogP contribution >= 0.6 is 23.2 Å². The summed E-state index contributed by atoms with van der Waals surface area (Å²) in [4.78, 5) is 0. The molecule has 3 N–H and O–H groups in total. The molecule has 0 fully saturated rings. The van der Waals surface area contributed by atoms with Gasteiger partial charge in [0, 0.05) is 11.1 Å². The van der Waals surface area contributed by atoms with Crippen molar-refractivity contribution in [2.75, 3.05) is 5.73 Å². The fraction of sp³-hybridized carbons (Fsp3) is 0. The highest BCUT2D eigenvalue weighted by Crippen LogP contribution is 2.32. The zero-order chi connectivity index (χ0) is 7.72. The molecule has 2 nitrogen and oxygen atoms in total. The first-order valence-corrected chi connectivity index (χ1v) is 3.30. The number of phenolic OH excluding ortho intramolecular Hbond substituents is 1. The Kier molecular flexibility index (Phi) is 1.92. The third-order valence-electron chi connectivity index (χ3n) is 1.05. The molecule has 0 aliphatic carbocycles. The Hall–Kier alpha value is -0.600. The number of nitrogen functional groups attached to an aromatic ring is 1. The number of rotatable bonds is 0. The van der Waals surface area contributed by atoms with Crippen molar-refractivity contribution in [3.63, 3.8) is 0 Å². The zero-order valence-electron chi connectivity index (χ0n) is 4.94. The van der Waals surface area contributed by atoms with Gasteiger partial charge in [0.1, 0.15) is 10.8 Å². The third kappa shape index (κ3) is 1.28. The Morgan fingerprint density at radius 1 is 1.30 bits per heavy atom. The number of aromatic hydroxyl groups is 1. The van der Waals surface area contributed by atoms with Gasteiger partial charge in [-0.1, -0.05) is 23.2 Å². The smallest absolute Gasteiger partial charge is 0.137 e. The molecule has 54 valence electrons. The molecule has 10 heavy (non-hydrogen) atoms. The van der Waals surface area contributed by atoms with Gasteiger partial charge in [0.05, 0.1) is 5.69 Å². The molecule has 0 unspecified atom stereocenters. The van der Waals surface area contributed by atoms with E-state index in [1.165, 1.54) is 12.1 Å². The van der Waals surface area contributed by atoms with Crippen molar-refractivity contribution in [1.82, 2.24) is 0 Å². The lowest BCUT2D eigenvalue weighted by Gasteiger charge is -2.00. The number of anilines is 1. The Morgan fingerprint density at radius 3 is 2.40 bits per heavy atom. The van der Waals surface area contributed by atoms with E-state index in [1.807, 2.05) is 0 Å². The van der Waals surface area contributed by atoms with Crippen LogP contribution in [0.1, 0.15) is 0 Å². The first-order valence-electron chi connectivity index (χ1n) is 2.54. The lowest BCUT2D eigenvalue weighted by molar-refractivity contribution is 0.476. The Labute approximate surface area is 68.2 Å². The van der Waals surface area contributed by atoms with Gasteiger partial charge in [-0.3, -0.25) is 0 Å². The molecule has 0 saturated carbocycles. The third-order valence-corrected chi connectivity index (χ3v) is 1.68. The van der Waals surface area contributed by atoms with Crippen LogP contribution in [-0.2, 0) is 0 Å². The highest BCUT2D eigenvalue weighted by atomic mass is 35.5. The first kappa shape index (κ1) is 7.51. The number of hydrogen-bond donors (Lipinski definition) is 2. The van der Waals surface area contributed by atoms with Crippen LogP contribution < -0.4 is 5.73 Å². The summed E-state index contributed by atoms with van der Waals surface area (Å²) in [6, 6.07) is 2.81. The molecule has 0 atom stereocenters. The summed E-state index contributed by atoms with van der Waals surface area (Å²) in [5.74, 6) is -0.0910. The average molecular weight is 178 g/mol. The number of phenols is 1. The Balaban J connectivity index is 3.31. The van der Waals surface area contributed by atoms with Gasteiger partial charge in [0.2, 0.25) is 0 Å². The van der Waals surface area contributed by atoms with Gasteiger partial charge in [0.25, 0.3) is 0 Å². The number of halogens is 2. The summed E-state index contributed by atoms with van der Waals surface area (Å²) < 4.78 is 0. The summed E-state index contributed by atoms with van der Waals surface area (Å²) in [6.45, 7) is 0. The second kappa shape index (κ2) is 2.56. The molecule has 1 rings (SSSR count). The van der Waals surface area contributed by atoms with Crippen LogP contribution in [0.3, 0.4) is 0 Å². The predicted molar refractivity (Wildman–Crippen MR) is 42.5 cm³/mol. The van der Waals surface area contributed by atoms with Crippen molar-refractivity contribution in [3.8, 4) is 5.75 Å². The second-order valence-corrected chi connectivity index (χ2v) is 2.64. The van der Waals surface area contributed by atoms with E-state index in [-0.39, 0.29) is 16.5 Å². The van der Waals surface area contributed by atoms with E-state index >= 15 is 0 Å². The van der Waals surface area contributed by atoms with E-state index in [4.69, 9.17) is 34.0 Å². The van der Waals surface area contributed by atoms with Gasteiger partial charge in [-0.25, -0.2) is 0 Å². The topological polar surface area (TPSA) is 46.2 Å². The van der Waals surface area contributed by atoms with E-state index in [0.29, 0.717) is 5.02 Å². The molecule has 0 heterocycles. The van der Waals surface area contributed by atoms with Gasteiger partial charge in [0.15, 0.2) is 0 Å². The van der Waals surface area contributed by atoms with E-state index in [2.05, 4.69) is 0 Å². The fourth-order valence-electron chi connectivity index (χ4n) is 0.595. The molecule has 0 aliphatic heterocycles. The molecule has 1 aromatic carbocycles. The zero-order valence-corrected chi connectivity index (χ0v) is 6.45. The number of hydrogen-bond acceptors (Lipinski definition) is 2. The van der Waals surface area contributed by atoms with Crippen molar-refractivity contribution < 1.29 is 5.11 Å². The van der Waals surface area contributed by atoms with E-state index < -0.39 is 0 Å². The molecule has 0 spiro atoms. The van der Waals surface area contributed by atoms with E-state index in [0.717, 1.165) is 0 Å². The largest absolute Gasteiger partial charge is 0.506 e. The molecule has 0 radical (unpaired) electrons. The maximum absolute atomic E-state index is 8.98. The van der Waals surface area contributed by atoms with Gasteiger partial charge in [-0.2, -0.15) is 0 Å². The van der Waals surface area contributed by atoms with Crippen molar-refractivity contribution in [2.24, 2.45) is 0 Å². The summed E-state index contributed by atoms with van der Waals surface area (Å²) in [7, 11) is 0. The Bertz CT molecular complexity index is 239. The van der Waals surface area contributed by atoms with Crippen LogP contribution in [-0.4, -0.2) is 5.11 Å². The molecular weight excluding hydrogens is 173 g/mol. The molecular formula is C6H5Cl2NO. The highest BCUT2D eigenvalue weighted by Gasteiger charge is 2.02. The van der Waals surface area contributed by atoms with E-state index in [9.17, 15) is 0 Å². The summed E-state index contributed by atoms with van der Waals surface area (Å²) >= 11 is 11.0. The van der Waals surface area contributed by atoms with Crippen LogP contribution in [0.4, 0.5) is 5.69 Å². The molecule has 0 aliphatic rings. The van der Waals surface area contributed by atoms with Crippen molar-refractivity contribution in [3.05, 3.63) is 22.2 Å². The maximum atomic E-state index is 8.98. The van der Waals surface area contributed by atoms with Gasteiger partial charge in [-0.15, -0.1) is 0 Å². The van der Waals surface area contributed by atoms with Gasteiger partial charge >= 0.3 is 0 Å². The first-order chi connectivity index (χ1) is 4.61. The summed E-state index contributed by atoms with van der Waals surface area (Å²) in [5.41, 5.74) is 5.63. The summed E-state index contributed by atoms with van der Waals surface area (Å²) in [5, 5.41) is 9.50. The molecule has 0 aromatic heterocycles. The summed E-state index contributed by atoms with van der Waals surface area (Å²) in [6.07, 6.45) is 0. The minimum atomic E-state index is -0.0910. The molecule has 0 amide bonds. The maximum Gasteiger partial charge on any atom is 0.137 e. The number of benzene rings is 1. The molecule has 0 saturated heterocycles. The van der Waals surface area contributed by atoms with Crippen molar-refractivity contribution in [2.45, 2.75) is 0 Å². The van der Waals surface area contributed by atoms with E-state index in [1.54, 1.807) is 0 Å². The molecule has 4 heteroatoms. The monoisotopic (exact) mass is 177 g/mol.